The number of carbonyl (C=O) groups is 1. The van der Waals surface area contributed by atoms with Crippen LogP contribution in [0.15, 0.2) is 47.0 Å². The van der Waals surface area contributed by atoms with Crippen molar-refractivity contribution in [2.45, 2.75) is 38.2 Å². The number of ether oxygens (including phenoxy) is 3. The number of hydrogen-bond donors (Lipinski definition) is 0. The van der Waals surface area contributed by atoms with Crippen molar-refractivity contribution in [1.82, 2.24) is 10.1 Å². The van der Waals surface area contributed by atoms with Gasteiger partial charge in [-0.3, -0.25) is 0 Å². The fraction of sp³-hybridized carbons (Fsp3) is 0.250. The van der Waals surface area contributed by atoms with Gasteiger partial charge in [-0.2, -0.15) is 0 Å². The molecule has 1 saturated carbocycles. The molecule has 1 aliphatic carbocycles. The lowest BCUT2D eigenvalue weighted by Gasteiger charge is -2.12. The van der Waals surface area contributed by atoms with E-state index in [0.717, 1.165) is 24.1 Å². The molecule has 2 aromatic heterocycles. The number of methoxy groups -OCH3 is 1. The van der Waals surface area contributed by atoms with Gasteiger partial charge in [0.1, 0.15) is 35.4 Å². The second-order valence-corrected chi connectivity index (χ2v) is 10.0. The lowest BCUT2D eigenvalue weighted by molar-refractivity contribution is 0.0600. The number of nitrogens with zero attached hydrogens (tertiary/aromatic N) is 2. The van der Waals surface area contributed by atoms with Crippen molar-refractivity contribution in [3.05, 3.63) is 86.5 Å². The Labute approximate surface area is 227 Å². The fourth-order valence-corrected chi connectivity index (χ4v) is 5.17. The highest BCUT2D eigenvalue weighted by atomic mass is 35.5. The molecule has 10 heteroatoms. The highest BCUT2D eigenvalue weighted by molar-refractivity contribution is 6.39. The second kappa shape index (κ2) is 9.93. The van der Waals surface area contributed by atoms with Crippen LogP contribution in [0.3, 0.4) is 0 Å². The fourth-order valence-electron chi connectivity index (χ4n) is 4.53. The van der Waals surface area contributed by atoms with Crippen LogP contribution >= 0.6 is 23.2 Å². The summed E-state index contributed by atoms with van der Waals surface area (Å²) in [5, 5.41) is 4.50. The Morgan fingerprint density at radius 3 is 2.61 bits per heavy atom. The molecule has 0 amide bonds. The minimum absolute atomic E-state index is 0.115. The van der Waals surface area contributed by atoms with Crippen LogP contribution in [0.5, 0.6) is 17.4 Å². The van der Waals surface area contributed by atoms with E-state index in [0.29, 0.717) is 58.4 Å². The standard InChI is InChI=1S/C28H21Cl2FN2O5/c1-35-28(34)16-5-2-14-6-7-21-22(37-23(14)10-16)8-9-24(32-21)36-13-18-26(33-38-27(18)15-3-4-15)25-19(29)11-17(31)12-20(25)30/h2,5,8-12,15H,3-4,6-7,13H2,1H3. The maximum Gasteiger partial charge on any atom is 0.337 e. The first kappa shape index (κ1) is 24.7. The first-order valence-electron chi connectivity index (χ1n) is 12.1. The quantitative estimate of drug-likeness (QED) is 0.231. The first-order valence-corrected chi connectivity index (χ1v) is 12.8. The van der Waals surface area contributed by atoms with E-state index in [4.69, 9.17) is 41.9 Å². The van der Waals surface area contributed by atoms with Gasteiger partial charge in [-0.05, 0) is 61.6 Å². The van der Waals surface area contributed by atoms with Crippen LogP contribution in [0.25, 0.3) is 11.3 Å². The van der Waals surface area contributed by atoms with Crippen LogP contribution in [0, 0.1) is 5.82 Å². The average Bonchev–Trinajstić information content (AvgIpc) is 3.69. The Morgan fingerprint density at radius 1 is 1.08 bits per heavy atom. The number of esters is 1. The predicted molar refractivity (Wildman–Crippen MR) is 138 cm³/mol. The molecule has 0 atom stereocenters. The van der Waals surface area contributed by atoms with E-state index >= 15 is 0 Å². The molecule has 2 aliphatic rings. The molecule has 6 rings (SSSR count). The Balaban J connectivity index is 1.26. The summed E-state index contributed by atoms with van der Waals surface area (Å²) in [7, 11) is 1.34. The van der Waals surface area contributed by atoms with Crippen molar-refractivity contribution in [2.75, 3.05) is 7.11 Å². The van der Waals surface area contributed by atoms with E-state index in [1.165, 1.54) is 19.2 Å². The number of halogens is 3. The lowest BCUT2D eigenvalue weighted by Crippen LogP contribution is -2.03. The van der Waals surface area contributed by atoms with E-state index in [1.807, 2.05) is 6.07 Å². The zero-order valence-electron chi connectivity index (χ0n) is 20.2. The molecule has 38 heavy (non-hydrogen) atoms. The minimum Gasteiger partial charge on any atom is -0.473 e. The first-order chi connectivity index (χ1) is 18.4. The minimum atomic E-state index is -0.535. The normalized spacial score (nSPS) is 14.2. The summed E-state index contributed by atoms with van der Waals surface area (Å²) in [5.41, 5.74) is 3.65. The number of fused-ring (bicyclic) bond motifs is 2. The van der Waals surface area contributed by atoms with E-state index < -0.39 is 11.8 Å². The Morgan fingerprint density at radius 2 is 1.87 bits per heavy atom. The SMILES string of the molecule is COC(=O)c1ccc2c(c1)Oc1ccc(OCc3c(-c4c(Cl)cc(F)cc4Cl)noc3C3CC3)nc1CC2. The predicted octanol–water partition coefficient (Wildman–Crippen LogP) is 7.32. The molecule has 0 N–H and O–H groups in total. The molecule has 2 aromatic carbocycles. The summed E-state index contributed by atoms with van der Waals surface area (Å²) in [5.74, 6) is 1.59. The molecule has 1 fully saturated rings. The van der Waals surface area contributed by atoms with E-state index in [1.54, 1.807) is 24.3 Å². The topological polar surface area (TPSA) is 83.7 Å². The highest BCUT2D eigenvalue weighted by Crippen LogP contribution is 2.46. The smallest absolute Gasteiger partial charge is 0.337 e. The van der Waals surface area contributed by atoms with Gasteiger partial charge in [0, 0.05) is 17.5 Å². The summed E-state index contributed by atoms with van der Waals surface area (Å²) in [4.78, 5) is 16.6. The van der Waals surface area contributed by atoms with E-state index in [9.17, 15) is 9.18 Å². The Hall–Kier alpha value is -3.62. The summed E-state index contributed by atoms with van der Waals surface area (Å²) in [6.45, 7) is 0.115. The monoisotopic (exact) mass is 554 g/mol. The van der Waals surface area contributed by atoms with Gasteiger partial charge in [0.25, 0.3) is 0 Å². The highest BCUT2D eigenvalue weighted by Gasteiger charge is 2.34. The molecule has 0 spiro atoms. The molecule has 0 bridgehead atoms. The van der Waals surface area contributed by atoms with Crippen molar-refractivity contribution in [2.24, 2.45) is 0 Å². The van der Waals surface area contributed by atoms with Gasteiger partial charge >= 0.3 is 5.97 Å². The van der Waals surface area contributed by atoms with Crippen LogP contribution in [-0.2, 0) is 24.2 Å². The molecule has 7 nitrogen and oxygen atoms in total. The number of aromatic nitrogens is 2. The number of pyridine rings is 1. The van der Waals surface area contributed by atoms with Crippen LogP contribution in [0.2, 0.25) is 10.0 Å². The van der Waals surface area contributed by atoms with Crippen LogP contribution in [0.4, 0.5) is 4.39 Å². The largest absolute Gasteiger partial charge is 0.473 e. The molecule has 0 unspecified atom stereocenters. The average molecular weight is 555 g/mol. The summed E-state index contributed by atoms with van der Waals surface area (Å²) in [6, 6.07) is 11.2. The van der Waals surface area contributed by atoms with Crippen LogP contribution in [-0.4, -0.2) is 23.2 Å². The molecule has 3 heterocycles. The van der Waals surface area contributed by atoms with E-state index in [2.05, 4.69) is 10.1 Å². The van der Waals surface area contributed by atoms with Crippen molar-refractivity contribution >= 4 is 29.2 Å². The summed E-state index contributed by atoms with van der Waals surface area (Å²) < 4.78 is 36.5. The van der Waals surface area contributed by atoms with Gasteiger partial charge < -0.3 is 18.7 Å². The van der Waals surface area contributed by atoms with Gasteiger partial charge in [-0.15, -0.1) is 0 Å². The number of hydrogen-bond acceptors (Lipinski definition) is 7. The summed E-state index contributed by atoms with van der Waals surface area (Å²) in [6.07, 6.45) is 3.28. The van der Waals surface area contributed by atoms with Gasteiger partial charge in [0.2, 0.25) is 5.88 Å². The maximum atomic E-state index is 13.8. The third-order valence-corrected chi connectivity index (χ3v) is 7.22. The molecular weight excluding hydrogens is 534 g/mol. The molecule has 194 valence electrons. The van der Waals surface area contributed by atoms with Crippen molar-refractivity contribution in [1.29, 1.82) is 0 Å². The van der Waals surface area contributed by atoms with Gasteiger partial charge in [0.05, 0.1) is 34.0 Å². The number of benzene rings is 2. The van der Waals surface area contributed by atoms with Crippen molar-refractivity contribution < 1.29 is 27.9 Å². The zero-order chi connectivity index (χ0) is 26.4. The van der Waals surface area contributed by atoms with E-state index in [-0.39, 0.29) is 22.6 Å². The van der Waals surface area contributed by atoms with Crippen molar-refractivity contribution in [3.63, 3.8) is 0 Å². The van der Waals surface area contributed by atoms with Gasteiger partial charge in [0.15, 0.2) is 0 Å². The molecule has 0 radical (unpaired) electrons. The van der Waals surface area contributed by atoms with Gasteiger partial charge in [-0.25, -0.2) is 14.2 Å². The van der Waals surface area contributed by atoms with Gasteiger partial charge in [-0.1, -0.05) is 34.4 Å². The van der Waals surface area contributed by atoms with Crippen LogP contribution < -0.4 is 9.47 Å². The zero-order valence-corrected chi connectivity index (χ0v) is 21.7. The number of carbonyl (C=O) groups excluding carboxylic acids is 1. The number of aryl methyl sites for hydroxylation is 2. The Bertz CT molecular complexity index is 1540. The molecule has 1 aliphatic heterocycles. The number of rotatable bonds is 6. The molecular formula is C28H21Cl2FN2O5. The molecule has 0 saturated heterocycles. The van der Waals surface area contributed by atoms with Crippen molar-refractivity contribution in [3.8, 4) is 28.6 Å². The third-order valence-electron chi connectivity index (χ3n) is 6.62. The summed E-state index contributed by atoms with van der Waals surface area (Å²) >= 11 is 12.7. The maximum absolute atomic E-state index is 13.8. The molecule has 4 aromatic rings. The second-order valence-electron chi connectivity index (χ2n) is 9.19. The Kier molecular flexibility index (Phi) is 6.45. The third kappa shape index (κ3) is 4.70. The van der Waals surface area contributed by atoms with Crippen LogP contribution in [0.1, 0.15) is 51.7 Å². The lowest BCUT2D eigenvalue weighted by atomic mass is 10.0.